The predicted octanol–water partition coefficient (Wildman–Crippen LogP) is 0.0203. The number of nitrogens with zero attached hydrogens (tertiary/aromatic N) is 3. The van der Waals surface area contributed by atoms with Gasteiger partial charge in [-0.3, -0.25) is 19.9 Å². The van der Waals surface area contributed by atoms with E-state index < -0.39 is 0 Å². The molecule has 2 aromatic heterocycles. The van der Waals surface area contributed by atoms with Gasteiger partial charge in [-0.15, -0.1) is 0 Å². The van der Waals surface area contributed by atoms with Crippen LogP contribution in [0, 0.1) is 6.92 Å². The molecule has 17 heavy (non-hydrogen) atoms. The average Bonchev–Trinajstić information content (AvgIpc) is 2.75. The van der Waals surface area contributed by atoms with Crippen LogP contribution in [0.15, 0.2) is 18.5 Å². The second-order valence-electron chi connectivity index (χ2n) is 3.54. The molecule has 0 aromatic carbocycles. The van der Waals surface area contributed by atoms with Crippen molar-refractivity contribution in [2.75, 3.05) is 5.73 Å². The van der Waals surface area contributed by atoms with Crippen LogP contribution in [-0.4, -0.2) is 26.1 Å². The first-order valence-corrected chi connectivity index (χ1v) is 5.02. The molecule has 7 nitrogen and oxygen atoms in total. The van der Waals surface area contributed by atoms with Crippen LogP contribution in [0.2, 0.25) is 0 Å². The van der Waals surface area contributed by atoms with Crippen LogP contribution in [-0.2, 0) is 6.54 Å². The Morgan fingerprint density at radius 1 is 1.47 bits per heavy atom. The number of aromatic amines is 1. The number of hydrogen-bond donors (Lipinski definition) is 3. The predicted molar refractivity (Wildman–Crippen MR) is 60.9 cm³/mol. The van der Waals surface area contributed by atoms with Crippen molar-refractivity contribution < 1.29 is 4.79 Å². The normalized spacial score (nSPS) is 10.2. The molecule has 0 aliphatic heterocycles. The SMILES string of the molecule is Cc1cnc(CNC(=O)c2cc(N)n[nH]2)cn1. The summed E-state index contributed by atoms with van der Waals surface area (Å²) >= 11 is 0. The Kier molecular flexibility index (Phi) is 2.99. The van der Waals surface area contributed by atoms with Gasteiger partial charge in [0.15, 0.2) is 0 Å². The van der Waals surface area contributed by atoms with Crippen LogP contribution in [0.1, 0.15) is 21.9 Å². The number of H-pyrrole nitrogens is 1. The topological polar surface area (TPSA) is 110 Å². The molecule has 1 amide bonds. The van der Waals surface area contributed by atoms with Gasteiger partial charge in [0.1, 0.15) is 11.5 Å². The number of carbonyl (C=O) groups excluding carboxylic acids is 1. The van der Waals surface area contributed by atoms with E-state index in [0.717, 1.165) is 5.69 Å². The van der Waals surface area contributed by atoms with Crippen LogP contribution < -0.4 is 11.1 Å². The van der Waals surface area contributed by atoms with E-state index in [1.54, 1.807) is 12.4 Å². The average molecular weight is 232 g/mol. The zero-order chi connectivity index (χ0) is 12.3. The summed E-state index contributed by atoms with van der Waals surface area (Å²) in [4.78, 5) is 19.8. The van der Waals surface area contributed by atoms with Gasteiger partial charge in [-0.05, 0) is 6.92 Å². The lowest BCUT2D eigenvalue weighted by Crippen LogP contribution is -2.23. The van der Waals surface area contributed by atoms with E-state index in [-0.39, 0.29) is 11.7 Å². The fraction of sp³-hybridized carbons (Fsp3) is 0.200. The van der Waals surface area contributed by atoms with Crippen molar-refractivity contribution in [3.05, 3.63) is 35.5 Å². The highest BCUT2D eigenvalue weighted by Gasteiger charge is 2.08. The Morgan fingerprint density at radius 3 is 2.88 bits per heavy atom. The minimum Gasteiger partial charge on any atom is -0.382 e. The van der Waals surface area contributed by atoms with Crippen molar-refractivity contribution in [3.63, 3.8) is 0 Å². The Hall–Kier alpha value is -2.44. The summed E-state index contributed by atoms with van der Waals surface area (Å²) in [7, 11) is 0. The van der Waals surface area contributed by atoms with Crippen molar-refractivity contribution in [1.29, 1.82) is 0 Å². The summed E-state index contributed by atoms with van der Waals surface area (Å²) in [5.74, 6) is 0.00172. The number of hydrogen-bond acceptors (Lipinski definition) is 5. The molecule has 7 heteroatoms. The van der Waals surface area contributed by atoms with Crippen LogP contribution in [0.5, 0.6) is 0 Å². The molecule has 88 valence electrons. The van der Waals surface area contributed by atoms with E-state index in [0.29, 0.717) is 17.9 Å². The Morgan fingerprint density at radius 2 is 2.29 bits per heavy atom. The fourth-order valence-electron chi connectivity index (χ4n) is 1.23. The van der Waals surface area contributed by atoms with Gasteiger partial charge in [0.25, 0.3) is 5.91 Å². The number of anilines is 1. The zero-order valence-electron chi connectivity index (χ0n) is 9.27. The molecule has 0 aliphatic carbocycles. The molecular formula is C10H12N6O. The van der Waals surface area contributed by atoms with Crippen molar-refractivity contribution in [1.82, 2.24) is 25.5 Å². The van der Waals surface area contributed by atoms with Crippen LogP contribution in [0.4, 0.5) is 5.82 Å². The highest BCUT2D eigenvalue weighted by molar-refractivity contribution is 5.92. The highest BCUT2D eigenvalue weighted by Crippen LogP contribution is 2.00. The number of amides is 1. The van der Waals surface area contributed by atoms with E-state index >= 15 is 0 Å². The van der Waals surface area contributed by atoms with Crippen LogP contribution in [0.3, 0.4) is 0 Å². The van der Waals surface area contributed by atoms with Crippen molar-refractivity contribution >= 4 is 11.7 Å². The van der Waals surface area contributed by atoms with Gasteiger partial charge in [0.2, 0.25) is 0 Å². The summed E-state index contributed by atoms with van der Waals surface area (Å²) in [6.07, 6.45) is 3.27. The van der Waals surface area contributed by atoms with E-state index in [1.807, 2.05) is 6.92 Å². The summed E-state index contributed by atoms with van der Waals surface area (Å²) in [6, 6.07) is 1.47. The smallest absolute Gasteiger partial charge is 0.269 e. The molecule has 0 bridgehead atoms. The number of aromatic nitrogens is 4. The van der Waals surface area contributed by atoms with E-state index in [1.165, 1.54) is 6.07 Å². The first kappa shape index (κ1) is 11.1. The summed E-state index contributed by atoms with van der Waals surface area (Å²) in [5, 5.41) is 8.88. The number of carbonyl (C=O) groups is 1. The molecule has 0 saturated carbocycles. The fourth-order valence-corrected chi connectivity index (χ4v) is 1.23. The van der Waals surface area contributed by atoms with Crippen LogP contribution in [0.25, 0.3) is 0 Å². The molecule has 2 aromatic rings. The van der Waals surface area contributed by atoms with E-state index in [4.69, 9.17) is 5.73 Å². The molecule has 2 rings (SSSR count). The second-order valence-corrected chi connectivity index (χ2v) is 3.54. The summed E-state index contributed by atoms with van der Waals surface area (Å²) in [5.41, 5.74) is 7.24. The number of nitrogen functional groups attached to an aromatic ring is 1. The number of rotatable bonds is 3. The van der Waals surface area contributed by atoms with Gasteiger partial charge < -0.3 is 11.1 Å². The first-order chi connectivity index (χ1) is 8.15. The monoisotopic (exact) mass is 232 g/mol. The van der Waals surface area contributed by atoms with Crippen molar-refractivity contribution in [2.24, 2.45) is 0 Å². The minimum absolute atomic E-state index is 0.281. The van der Waals surface area contributed by atoms with Gasteiger partial charge in [-0.2, -0.15) is 5.10 Å². The summed E-state index contributed by atoms with van der Waals surface area (Å²) in [6.45, 7) is 2.16. The molecular weight excluding hydrogens is 220 g/mol. The van der Waals surface area contributed by atoms with Gasteiger partial charge in [-0.1, -0.05) is 0 Å². The van der Waals surface area contributed by atoms with Gasteiger partial charge in [0, 0.05) is 12.3 Å². The van der Waals surface area contributed by atoms with Gasteiger partial charge >= 0.3 is 0 Å². The number of aryl methyl sites for hydroxylation is 1. The zero-order valence-corrected chi connectivity index (χ0v) is 9.27. The third kappa shape index (κ3) is 2.77. The lowest BCUT2D eigenvalue weighted by Gasteiger charge is -2.02. The maximum Gasteiger partial charge on any atom is 0.269 e. The molecule has 0 atom stereocenters. The molecule has 0 unspecified atom stereocenters. The lowest BCUT2D eigenvalue weighted by atomic mass is 10.3. The van der Waals surface area contributed by atoms with E-state index in [2.05, 4.69) is 25.5 Å². The standard InChI is InChI=1S/C10H12N6O/c1-6-3-13-7(4-12-6)5-14-10(17)8-2-9(11)16-15-8/h2-4H,5H2,1H3,(H,14,17)(H3,11,15,16). The molecule has 0 radical (unpaired) electrons. The molecule has 4 N–H and O–H groups in total. The molecule has 0 spiro atoms. The van der Waals surface area contributed by atoms with Crippen molar-refractivity contribution in [2.45, 2.75) is 13.5 Å². The van der Waals surface area contributed by atoms with Gasteiger partial charge in [0.05, 0.1) is 24.1 Å². The van der Waals surface area contributed by atoms with Gasteiger partial charge in [-0.25, -0.2) is 0 Å². The Bertz CT molecular complexity index is 518. The molecule has 0 saturated heterocycles. The Labute approximate surface area is 97.5 Å². The molecule has 0 aliphatic rings. The largest absolute Gasteiger partial charge is 0.382 e. The second kappa shape index (κ2) is 4.60. The minimum atomic E-state index is -0.281. The lowest BCUT2D eigenvalue weighted by molar-refractivity contribution is 0.0945. The summed E-state index contributed by atoms with van der Waals surface area (Å²) < 4.78 is 0. The van der Waals surface area contributed by atoms with Crippen LogP contribution >= 0.6 is 0 Å². The maximum absolute atomic E-state index is 11.6. The first-order valence-electron chi connectivity index (χ1n) is 5.02. The molecule has 0 fully saturated rings. The highest BCUT2D eigenvalue weighted by atomic mass is 16.1. The molecule has 2 heterocycles. The third-order valence-corrected chi connectivity index (χ3v) is 2.11. The quantitative estimate of drug-likeness (QED) is 0.691. The third-order valence-electron chi connectivity index (χ3n) is 2.11. The number of nitrogens with one attached hydrogen (secondary N) is 2. The Balaban J connectivity index is 1.94. The maximum atomic E-state index is 11.6. The van der Waals surface area contributed by atoms with Crippen molar-refractivity contribution in [3.8, 4) is 0 Å². The van der Waals surface area contributed by atoms with E-state index in [9.17, 15) is 4.79 Å². The number of nitrogens with two attached hydrogens (primary N) is 1.